The van der Waals surface area contributed by atoms with Crippen molar-refractivity contribution < 1.29 is 13.9 Å². The van der Waals surface area contributed by atoms with Gasteiger partial charge in [0.2, 0.25) is 0 Å². The average molecular weight is 534 g/mol. The van der Waals surface area contributed by atoms with Crippen molar-refractivity contribution in [3.63, 3.8) is 0 Å². The maximum absolute atomic E-state index is 13.5. The van der Waals surface area contributed by atoms with E-state index in [0.29, 0.717) is 48.2 Å². The summed E-state index contributed by atoms with van der Waals surface area (Å²) >= 11 is 5.77. The van der Waals surface area contributed by atoms with Gasteiger partial charge in [-0.2, -0.15) is 0 Å². The number of H-pyrrole nitrogens is 1. The molecule has 0 saturated carbocycles. The van der Waals surface area contributed by atoms with Crippen LogP contribution < -0.4 is 20.3 Å². The van der Waals surface area contributed by atoms with E-state index in [1.807, 2.05) is 41.3 Å². The van der Waals surface area contributed by atoms with Crippen molar-refractivity contribution in [3.05, 3.63) is 105 Å². The van der Waals surface area contributed by atoms with Gasteiger partial charge in [-0.1, -0.05) is 31.2 Å². The summed E-state index contributed by atoms with van der Waals surface area (Å²) in [5.74, 6) is 1.05. The fourth-order valence-electron chi connectivity index (χ4n) is 4.32. The molecule has 2 N–H and O–H groups in total. The van der Waals surface area contributed by atoms with Gasteiger partial charge in [-0.3, -0.25) is 4.79 Å². The number of fused-ring (bicyclic) bond motifs is 1. The Kier molecular flexibility index (Phi) is 8.97. The van der Waals surface area contributed by atoms with E-state index in [1.54, 1.807) is 26.4 Å². The Morgan fingerprint density at radius 1 is 0.921 bits per heavy atom. The lowest BCUT2D eigenvalue weighted by Gasteiger charge is -2.26. The van der Waals surface area contributed by atoms with Crippen molar-refractivity contribution in [2.45, 2.75) is 32.9 Å². The van der Waals surface area contributed by atoms with Gasteiger partial charge in [0.25, 0.3) is 5.56 Å². The predicted molar refractivity (Wildman–Crippen MR) is 153 cm³/mol. The van der Waals surface area contributed by atoms with Crippen LogP contribution >= 0.6 is 12.2 Å². The lowest BCUT2D eigenvalue weighted by molar-refractivity contribution is 0.354. The molecule has 0 fully saturated rings. The Bertz CT molecular complexity index is 1470. The lowest BCUT2D eigenvalue weighted by atomic mass is 10.1. The average Bonchev–Trinajstić information content (AvgIpc) is 2.93. The fourth-order valence-corrected chi connectivity index (χ4v) is 4.55. The van der Waals surface area contributed by atoms with Crippen LogP contribution in [0.15, 0.2) is 71.5 Å². The molecule has 1 heterocycles. The van der Waals surface area contributed by atoms with Crippen LogP contribution in [0.1, 0.15) is 29.2 Å². The van der Waals surface area contributed by atoms with Gasteiger partial charge in [-0.25, -0.2) is 4.39 Å². The quantitative estimate of drug-likeness (QED) is 0.267. The Balaban J connectivity index is 1.53. The molecule has 0 aliphatic heterocycles. The fraction of sp³-hybridized carbons (Fsp3) is 0.267. The van der Waals surface area contributed by atoms with Crippen LogP contribution in [0.2, 0.25) is 0 Å². The zero-order valence-electron chi connectivity index (χ0n) is 21.8. The largest absolute Gasteiger partial charge is 0.493 e. The molecule has 38 heavy (non-hydrogen) atoms. The van der Waals surface area contributed by atoms with E-state index >= 15 is 0 Å². The van der Waals surface area contributed by atoms with Crippen LogP contribution in [0.3, 0.4) is 0 Å². The summed E-state index contributed by atoms with van der Waals surface area (Å²) in [5.41, 5.74) is 4.42. The molecule has 0 amide bonds. The second-order valence-corrected chi connectivity index (χ2v) is 9.44. The number of methoxy groups -OCH3 is 2. The van der Waals surface area contributed by atoms with E-state index in [-0.39, 0.29) is 11.4 Å². The third-order valence-electron chi connectivity index (χ3n) is 6.47. The SMILES string of the molecule is CCc1ccc2[nH]c(=O)c(CN(Cc3ccc(F)cc3)C(=S)NCCc3ccc(OC)c(OC)c3)cc2c1. The number of aromatic amines is 1. The molecule has 0 bridgehead atoms. The van der Waals surface area contributed by atoms with E-state index in [2.05, 4.69) is 23.3 Å². The Hall–Kier alpha value is -3.91. The van der Waals surface area contributed by atoms with Gasteiger partial charge in [0.1, 0.15) is 5.82 Å². The summed E-state index contributed by atoms with van der Waals surface area (Å²) in [4.78, 5) is 17.9. The van der Waals surface area contributed by atoms with E-state index in [0.717, 1.165) is 28.5 Å². The molecule has 8 heteroatoms. The third-order valence-corrected chi connectivity index (χ3v) is 6.87. The van der Waals surface area contributed by atoms with Crippen LogP contribution in [-0.2, 0) is 25.9 Å². The van der Waals surface area contributed by atoms with E-state index in [4.69, 9.17) is 21.7 Å². The van der Waals surface area contributed by atoms with Crippen molar-refractivity contribution in [2.24, 2.45) is 0 Å². The topological polar surface area (TPSA) is 66.6 Å². The number of nitrogens with zero attached hydrogens (tertiary/aromatic N) is 1. The first-order valence-electron chi connectivity index (χ1n) is 12.5. The van der Waals surface area contributed by atoms with E-state index in [1.165, 1.54) is 17.7 Å². The standard InChI is InChI=1S/C30H32FN3O3S/c1-4-20-7-11-26-23(15-20)17-24(29(35)33-26)19-34(18-22-5-9-25(31)10-6-22)30(38)32-14-13-21-8-12-27(36-2)28(16-21)37-3/h5-12,15-17H,4,13-14,18-19H2,1-3H3,(H,32,38)(H,33,35). The van der Waals surface area contributed by atoms with Crippen molar-refractivity contribution in [2.75, 3.05) is 20.8 Å². The van der Waals surface area contributed by atoms with Crippen LogP contribution in [0.5, 0.6) is 11.5 Å². The molecule has 1 aromatic heterocycles. The maximum atomic E-state index is 13.5. The highest BCUT2D eigenvalue weighted by Gasteiger charge is 2.15. The highest BCUT2D eigenvalue weighted by atomic mass is 32.1. The minimum atomic E-state index is -0.298. The smallest absolute Gasteiger partial charge is 0.253 e. The highest BCUT2D eigenvalue weighted by Crippen LogP contribution is 2.27. The first kappa shape index (κ1) is 27.1. The number of benzene rings is 3. The molecule has 0 aliphatic carbocycles. The molecule has 3 aromatic carbocycles. The van der Waals surface area contributed by atoms with Gasteiger partial charge in [0, 0.05) is 24.2 Å². The molecule has 0 unspecified atom stereocenters. The monoisotopic (exact) mass is 533 g/mol. The molecular weight excluding hydrogens is 501 g/mol. The molecule has 0 spiro atoms. The zero-order valence-corrected chi connectivity index (χ0v) is 22.7. The van der Waals surface area contributed by atoms with Crippen LogP contribution in [0.25, 0.3) is 10.9 Å². The van der Waals surface area contributed by atoms with Crippen molar-refractivity contribution in [1.82, 2.24) is 15.2 Å². The Labute approximate surface area is 227 Å². The van der Waals surface area contributed by atoms with E-state index < -0.39 is 0 Å². The number of pyridine rings is 1. The summed E-state index contributed by atoms with van der Waals surface area (Å²) in [6, 6.07) is 20.1. The summed E-state index contributed by atoms with van der Waals surface area (Å²) in [5, 5.41) is 4.81. The molecule has 198 valence electrons. The first-order valence-corrected chi connectivity index (χ1v) is 12.9. The summed E-state index contributed by atoms with van der Waals surface area (Å²) in [6.07, 6.45) is 1.62. The number of thiocarbonyl (C=S) groups is 1. The third kappa shape index (κ3) is 6.69. The number of aryl methyl sites for hydroxylation is 1. The first-order chi connectivity index (χ1) is 18.4. The zero-order chi connectivity index (χ0) is 27.1. The number of nitrogens with one attached hydrogen (secondary N) is 2. The summed E-state index contributed by atoms with van der Waals surface area (Å²) in [7, 11) is 3.22. The van der Waals surface area contributed by atoms with Crippen molar-refractivity contribution in [1.29, 1.82) is 0 Å². The second kappa shape index (κ2) is 12.6. The van der Waals surface area contributed by atoms with E-state index in [9.17, 15) is 9.18 Å². The number of halogens is 1. The highest BCUT2D eigenvalue weighted by molar-refractivity contribution is 7.80. The van der Waals surface area contributed by atoms with Crippen LogP contribution in [0, 0.1) is 5.82 Å². The van der Waals surface area contributed by atoms with Gasteiger partial charge in [-0.05, 0) is 89.6 Å². The summed E-state index contributed by atoms with van der Waals surface area (Å²) in [6.45, 7) is 3.42. The molecule has 0 aliphatic rings. The van der Waals surface area contributed by atoms with Crippen molar-refractivity contribution >= 4 is 28.2 Å². The predicted octanol–water partition coefficient (Wildman–Crippen LogP) is 5.37. The van der Waals surface area contributed by atoms with Gasteiger partial charge in [0.05, 0.1) is 20.8 Å². The number of rotatable bonds is 10. The minimum Gasteiger partial charge on any atom is -0.493 e. The Morgan fingerprint density at radius 2 is 1.63 bits per heavy atom. The molecule has 0 atom stereocenters. The molecule has 0 saturated heterocycles. The molecule has 4 aromatic rings. The molecule has 4 rings (SSSR count). The molecule has 0 radical (unpaired) electrons. The number of hydrogen-bond acceptors (Lipinski definition) is 4. The number of ether oxygens (including phenoxy) is 2. The number of hydrogen-bond donors (Lipinski definition) is 2. The Morgan fingerprint density at radius 3 is 2.34 bits per heavy atom. The second-order valence-electron chi connectivity index (χ2n) is 9.05. The van der Waals surface area contributed by atoms with Crippen LogP contribution in [-0.4, -0.2) is 35.8 Å². The van der Waals surface area contributed by atoms with Gasteiger partial charge in [0.15, 0.2) is 16.6 Å². The minimum absolute atomic E-state index is 0.154. The normalized spacial score (nSPS) is 10.8. The molecular formula is C30H32FN3O3S. The van der Waals surface area contributed by atoms with Gasteiger partial charge in [-0.15, -0.1) is 0 Å². The molecule has 6 nitrogen and oxygen atoms in total. The lowest BCUT2D eigenvalue weighted by Crippen LogP contribution is -2.40. The number of aromatic nitrogens is 1. The van der Waals surface area contributed by atoms with Crippen molar-refractivity contribution in [3.8, 4) is 11.5 Å². The van der Waals surface area contributed by atoms with Gasteiger partial charge >= 0.3 is 0 Å². The maximum Gasteiger partial charge on any atom is 0.253 e. The summed E-state index contributed by atoms with van der Waals surface area (Å²) < 4.78 is 24.2. The van der Waals surface area contributed by atoms with Gasteiger partial charge < -0.3 is 24.7 Å². The van der Waals surface area contributed by atoms with Crippen LogP contribution in [0.4, 0.5) is 4.39 Å².